The Morgan fingerprint density at radius 2 is 1.77 bits per heavy atom. The molecule has 6 heteroatoms. The van der Waals surface area contributed by atoms with Gasteiger partial charge in [-0.25, -0.2) is 0 Å². The Morgan fingerprint density at radius 3 is 2.43 bits per heavy atom. The minimum absolute atomic E-state index is 0.0212. The van der Waals surface area contributed by atoms with E-state index in [0.717, 1.165) is 43.2 Å². The zero-order valence-corrected chi connectivity index (χ0v) is 17.8. The van der Waals surface area contributed by atoms with Crippen molar-refractivity contribution in [2.24, 2.45) is 5.41 Å². The van der Waals surface area contributed by atoms with Crippen LogP contribution >= 0.6 is 11.6 Å². The molecule has 5 nitrogen and oxygen atoms in total. The van der Waals surface area contributed by atoms with Crippen molar-refractivity contribution in [2.45, 2.75) is 52.0 Å². The second kappa shape index (κ2) is 8.23. The van der Waals surface area contributed by atoms with Crippen molar-refractivity contribution in [1.29, 1.82) is 0 Å². The zero-order chi connectivity index (χ0) is 21.3. The fourth-order valence-corrected chi connectivity index (χ4v) is 4.63. The number of hydrogen-bond acceptors (Lipinski definition) is 3. The lowest BCUT2D eigenvalue weighted by atomic mass is 9.73. The highest BCUT2D eigenvalue weighted by molar-refractivity contribution is 6.31. The van der Waals surface area contributed by atoms with Crippen molar-refractivity contribution in [2.75, 3.05) is 5.32 Å². The van der Waals surface area contributed by atoms with Crippen LogP contribution < -0.4 is 5.32 Å². The molecule has 0 radical (unpaired) electrons. The maximum atomic E-state index is 13.0. The highest BCUT2D eigenvalue weighted by atomic mass is 35.5. The van der Waals surface area contributed by atoms with Gasteiger partial charge in [-0.3, -0.25) is 19.3 Å². The maximum absolute atomic E-state index is 13.0. The van der Waals surface area contributed by atoms with Crippen LogP contribution in [-0.4, -0.2) is 22.6 Å². The molecular formula is C24H25ClN2O3. The van der Waals surface area contributed by atoms with Gasteiger partial charge in [0.05, 0.1) is 12.0 Å². The van der Waals surface area contributed by atoms with Gasteiger partial charge in [0.25, 0.3) is 5.91 Å². The molecule has 0 aromatic heterocycles. The van der Waals surface area contributed by atoms with Crippen LogP contribution in [0.25, 0.3) is 0 Å². The van der Waals surface area contributed by atoms with E-state index >= 15 is 0 Å². The monoisotopic (exact) mass is 424 g/mol. The number of benzene rings is 2. The summed E-state index contributed by atoms with van der Waals surface area (Å²) in [6.07, 6.45) is 5.15. The first-order chi connectivity index (χ1) is 14.4. The van der Waals surface area contributed by atoms with Gasteiger partial charge in [0.15, 0.2) is 0 Å². The summed E-state index contributed by atoms with van der Waals surface area (Å²) in [7, 11) is 0. The second-order valence-electron chi connectivity index (χ2n) is 8.42. The van der Waals surface area contributed by atoms with Gasteiger partial charge in [-0.05, 0) is 61.2 Å². The van der Waals surface area contributed by atoms with Gasteiger partial charge >= 0.3 is 0 Å². The molecule has 1 spiro atoms. The van der Waals surface area contributed by atoms with E-state index in [1.165, 1.54) is 4.90 Å². The number of halogens is 1. The molecule has 1 N–H and O–H groups in total. The predicted octanol–water partition coefficient (Wildman–Crippen LogP) is 5.11. The molecule has 2 fully saturated rings. The second-order valence-corrected chi connectivity index (χ2v) is 8.83. The molecule has 156 valence electrons. The molecule has 1 saturated carbocycles. The van der Waals surface area contributed by atoms with Gasteiger partial charge in [0.1, 0.15) is 0 Å². The first-order valence-corrected chi connectivity index (χ1v) is 10.8. The molecule has 0 unspecified atom stereocenters. The van der Waals surface area contributed by atoms with Crippen LogP contribution in [0.2, 0.25) is 5.02 Å². The minimum atomic E-state index is -0.466. The molecule has 1 aliphatic carbocycles. The van der Waals surface area contributed by atoms with Crippen molar-refractivity contribution in [1.82, 2.24) is 4.90 Å². The minimum Gasteiger partial charge on any atom is -0.322 e. The number of amides is 3. The van der Waals surface area contributed by atoms with Crippen LogP contribution in [-0.2, 0) is 16.1 Å². The standard InChI is InChI=1S/C24H25ClN2O3/c1-16-13-19(9-10-20(16)25)26-22(29)18-7-5-17(6-8-18)15-27-21(28)14-24(23(27)30)11-3-2-4-12-24/h5-10,13H,2-4,11-12,14-15H2,1H3,(H,26,29). The first kappa shape index (κ1) is 20.6. The van der Waals surface area contributed by atoms with Crippen molar-refractivity contribution < 1.29 is 14.4 Å². The number of anilines is 1. The summed E-state index contributed by atoms with van der Waals surface area (Å²) in [5, 5.41) is 3.51. The lowest BCUT2D eigenvalue weighted by Crippen LogP contribution is -2.36. The first-order valence-electron chi connectivity index (χ1n) is 10.4. The SMILES string of the molecule is Cc1cc(NC(=O)c2ccc(CN3C(=O)CC4(CCCCC4)C3=O)cc2)ccc1Cl. The van der Waals surface area contributed by atoms with Crippen molar-refractivity contribution in [3.63, 3.8) is 0 Å². The Hall–Kier alpha value is -2.66. The van der Waals surface area contributed by atoms with Gasteiger partial charge < -0.3 is 5.32 Å². The van der Waals surface area contributed by atoms with Crippen LogP contribution in [0.1, 0.15) is 60.0 Å². The van der Waals surface area contributed by atoms with E-state index in [4.69, 9.17) is 11.6 Å². The summed E-state index contributed by atoms with van der Waals surface area (Å²) >= 11 is 6.02. The molecule has 4 rings (SSSR count). The third-order valence-electron chi connectivity index (χ3n) is 6.27. The Bertz CT molecular complexity index is 994. The number of aryl methyl sites for hydroxylation is 1. The number of carbonyl (C=O) groups excluding carboxylic acids is 3. The molecule has 2 aromatic rings. The summed E-state index contributed by atoms with van der Waals surface area (Å²) in [5.41, 5.74) is 2.45. The normalized spacial score (nSPS) is 18.1. The van der Waals surface area contributed by atoms with Crippen LogP contribution in [0.4, 0.5) is 5.69 Å². The molecule has 0 atom stereocenters. The molecule has 0 bridgehead atoms. The fraction of sp³-hybridized carbons (Fsp3) is 0.375. The smallest absolute Gasteiger partial charge is 0.255 e. The topological polar surface area (TPSA) is 66.5 Å². The number of hydrogen-bond donors (Lipinski definition) is 1. The lowest BCUT2D eigenvalue weighted by molar-refractivity contribution is -0.142. The summed E-state index contributed by atoms with van der Waals surface area (Å²) in [6, 6.07) is 12.4. The van der Waals surface area contributed by atoms with E-state index < -0.39 is 5.41 Å². The number of imide groups is 1. The average molecular weight is 425 g/mol. The summed E-state index contributed by atoms with van der Waals surface area (Å²) in [6.45, 7) is 2.14. The number of likely N-dealkylation sites (tertiary alicyclic amines) is 1. The lowest BCUT2D eigenvalue weighted by Gasteiger charge is -2.30. The van der Waals surface area contributed by atoms with Crippen molar-refractivity contribution in [3.05, 3.63) is 64.2 Å². The number of nitrogens with zero attached hydrogens (tertiary/aromatic N) is 1. The molecule has 30 heavy (non-hydrogen) atoms. The average Bonchev–Trinajstić information content (AvgIpc) is 2.95. The third-order valence-corrected chi connectivity index (χ3v) is 6.70. The van der Waals surface area contributed by atoms with Crippen LogP contribution in [0, 0.1) is 12.3 Å². The van der Waals surface area contributed by atoms with E-state index in [-0.39, 0.29) is 24.3 Å². The van der Waals surface area contributed by atoms with Crippen molar-refractivity contribution >= 4 is 35.0 Å². The van der Waals surface area contributed by atoms with E-state index in [1.54, 1.807) is 36.4 Å². The third kappa shape index (κ3) is 3.99. The molecule has 3 amide bonds. The Morgan fingerprint density at radius 1 is 1.07 bits per heavy atom. The van der Waals surface area contributed by atoms with Crippen molar-refractivity contribution in [3.8, 4) is 0 Å². The van der Waals surface area contributed by atoms with Gasteiger partial charge in [-0.15, -0.1) is 0 Å². The van der Waals surface area contributed by atoms with E-state index in [0.29, 0.717) is 22.7 Å². The highest BCUT2D eigenvalue weighted by Gasteiger charge is 2.51. The summed E-state index contributed by atoms with van der Waals surface area (Å²) in [4.78, 5) is 39.4. The van der Waals surface area contributed by atoms with Gasteiger partial charge in [0.2, 0.25) is 11.8 Å². The predicted molar refractivity (Wildman–Crippen MR) is 116 cm³/mol. The largest absolute Gasteiger partial charge is 0.322 e. The quantitative estimate of drug-likeness (QED) is 0.693. The van der Waals surface area contributed by atoms with E-state index in [2.05, 4.69) is 5.32 Å². The fourth-order valence-electron chi connectivity index (χ4n) is 4.51. The van der Waals surface area contributed by atoms with Crippen LogP contribution in [0.5, 0.6) is 0 Å². The zero-order valence-electron chi connectivity index (χ0n) is 17.0. The molecule has 2 aromatic carbocycles. The molecular weight excluding hydrogens is 400 g/mol. The van der Waals surface area contributed by atoms with E-state index in [9.17, 15) is 14.4 Å². The van der Waals surface area contributed by atoms with Crippen LogP contribution in [0.15, 0.2) is 42.5 Å². The van der Waals surface area contributed by atoms with Gasteiger partial charge in [-0.1, -0.05) is 43.0 Å². The maximum Gasteiger partial charge on any atom is 0.255 e. The van der Waals surface area contributed by atoms with Gasteiger partial charge in [-0.2, -0.15) is 0 Å². The van der Waals surface area contributed by atoms with E-state index in [1.807, 2.05) is 13.0 Å². The number of carbonyl (C=O) groups is 3. The number of rotatable bonds is 4. The highest BCUT2D eigenvalue weighted by Crippen LogP contribution is 2.45. The molecule has 1 aliphatic heterocycles. The molecule has 1 saturated heterocycles. The van der Waals surface area contributed by atoms with Gasteiger partial charge in [0, 0.05) is 22.7 Å². The Balaban J connectivity index is 1.42. The number of nitrogens with one attached hydrogen (secondary N) is 1. The summed E-state index contributed by atoms with van der Waals surface area (Å²) in [5.74, 6) is -0.327. The molecule has 2 aliphatic rings. The Kier molecular flexibility index (Phi) is 5.65. The summed E-state index contributed by atoms with van der Waals surface area (Å²) < 4.78 is 0. The molecule has 1 heterocycles. The van der Waals surface area contributed by atoms with Crippen LogP contribution in [0.3, 0.4) is 0 Å². The Labute approximate surface area is 181 Å².